The molecule has 0 saturated carbocycles. The average Bonchev–Trinajstić information content (AvgIpc) is 2.81. The van der Waals surface area contributed by atoms with Crippen molar-refractivity contribution in [3.8, 4) is 5.75 Å². The molecule has 134 valence electrons. The van der Waals surface area contributed by atoms with E-state index < -0.39 is 12.6 Å². The van der Waals surface area contributed by atoms with Crippen LogP contribution in [0, 0.1) is 3.57 Å². The van der Waals surface area contributed by atoms with Crippen molar-refractivity contribution in [2.75, 3.05) is 26.9 Å². The first-order valence-corrected chi connectivity index (χ1v) is 9.20. The Kier molecular flexibility index (Phi) is 7.26. The number of carboxylic acids is 1. The number of aliphatic carboxylic acids is 1. The number of hydrogen-bond acceptors (Lipinski definition) is 6. The number of carboxylic acid groups (broad SMARTS) is 1. The van der Waals surface area contributed by atoms with Gasteiger partial charge in [-0.05, 0) is 64.5 Å². The Hall–Kier alpha value is -1.59. The standard InChI is InChI=1S/C16H16INO6S/c1-23-6-2-5-18-15(21)13(25-16(18)22)8-10-3-4-12(11(17)7-10)24-9-14(19)20/h3-4,7-8H,2,5-6,9H2,1H3,(H,19,20)/b13-8+. The van der Waals surface area contributed by atoms with Crippen LogP contribution in [0.3, 0.4) is 0 Å². The number of nitrogens with zero attached hydrogens (tertiary/aromatic N) is 1. The second kappa shape index (κ2) is 9.20. The number of benzene rings is 1. The first-order chi connectivity index (χ1) is 11.9. The molecule has 0 atom stereocenters. The van der Waals surface area contributed by atoms with Crippen LogP contribution in [-0.2, 0) is 14.3 Å². The SMILES string of the molecule is COCCCN1C(=O)S/C(=C/c2ccc(OCC(=O)O)c(I)c2)C1=O. The number of amides is 2. The number of methoxy groups -OCH3 is 1. The van der Waals surface area contributed by atoms with Gasteiger partial charge in [0.2, 0.25) is 0 Å². The van der Waals surface area contributed by atoms with E-state index >= 15 is 0 Å². The van der Waals surface area contributed by atoms with Gasteiger partial charge in [0.15, 0.2) is 6.61 Å². The molecule has 1 aromatic rings. The molecule has 1 aliphatic heterocycles. The lowest BCUT2D eigenvalue weighted by Crippen LogP contribution is -2.29. The van der Waals surface area contributed by atoms with Gasteiger partial charge in [-0.1, -0.05) is 6.07 Å². The molecule has 2 amide bonds. The van der Waals surface area contributed by atoms with Crippen molar-refractivity contribution in [1.82, 2.24) is 4.90 Å². The smallest absolute Gasteiger partial charge is 0.341 e. The molecule has 0 aliphatic carbocycles. The van der Waals surface area contributed by atoms with Crippen molar-refractivity contribution >= 4 is 57.5 Å². The monoisotopic (exact) mass is 477 g/mol. The third kappa shape index (κ3) is 5.44. The molecule has 1 aromatic carbocycles. The molecule has 9 heteroatoms. The molecule has 1 heterocycles. The second-order valence-electron chi connectivity index (χ2n) is 5.05. The summed E-state index contributed by atoms with van der Waals surface area (Å²) >= 11 is 2.93. The lowest BCUT2D eigenvalue weighted by molar-refractivity contribution is -0.139. The van der Waals surface area contributed by atoms with Gasteiger partial charge in [-0.2, -0.15) is 0 Å². The molecule has 1 saturated heterocycles. The van der Waals surface area contributed by atoms with Gasteiger partial charge in [-0.15, -0.1) is 0 Å². The highest BCUT2D eigenvalue weighted by Gasteiger charge is 2.34. The van der Waals surface area contributed by atoms with E-state index in [0.29, 0.717) is 33.8 Å². The summed E-state index contributed by atoms with van der Waals surface area (Å²) in [6.07, 6.45) is 2.24. The molecule has 0 bridgehead atoms. The van der Waals surface area contributed by atoms with E-state index in [0.717, 1.165) is 17.3 Å². The van der Waals surface area contributed by atoms with Crippen molar-refractivity contribution < 1.29 is 29.0 Å². The molecule has 0 aromatic heterocycles. The first-order valence-electron chi connectivity index (χ1n) is 7.31. The molecule has 7 nitrogen and oxygen atoms in total. The van der Waals surface area contributed by atoms with Gasteiger partial charge in [0.1, 0.15) is 5.75 Å². The third-order valence-electron chi connectivity index (χ3n) is 3.21. The fraction of sp³-hybridized carbons (Fsp3) is 0.312. The van der Waals surface area contributed by atoms with Gasteiger partial charge in [-0.3, -0.25) is 14.5 Å². The van der Waals surface area contributed by atoms with Crippen molar-refractivity contribution in [3.63, 3.8) is 0 Å². The number of halogens is 1. The number of carbonyl (C=O) groups excluding carboxylic acids is 2. The Labute approximate surface area is 162 Å². The van der Waals surface area contributed by atoms with Gasteiger partial charge in [0.05, 0.1) is 8.48 Å². The fourth-order valence-corrected chi connectivity index (χ4v) is 3.63. The maximum absolute atomic E-state index is 12.3. The molecule has 0 radical (unpaired) electrons. The lowest BCUT2D eigenvalue weighted by Gasteiger charge is -2.11. The lowest BCUT2D eigenvalue weighted by atomic mass is 10.2. The fourth-order valence-electron chi connectivity index (χ4n) is 2.07. The van der Waals surface area contributed by atoms with Gasteiger partial charge >= 0.3 is 5.97 Å². The summed E-state index contributed by atoms with van der Waals surface area (Å²) in [5, 5.41) is 8.36. The van der Waals surface area contributed by atoms with Crippen LogP contribution in [0.5, 0.6) is 5.75 Å². The van der Waals surface area contributed by atoms with Crippen LogP contribution >= 0.6 is 34.4 Å². The van der Waals surface area contributed by atoms with E-state index in [4.69, 9.17) is 14.6 Å². The maximum Gasteiger partial charge on any atom is 0.341 e. The van der Waals surface area contributed by atoms with E-state index in [2.05, 4.69) is 0 Å². The second-order valence-corrected chi connectivity index (χ2v) is 7.21. The maximum atomic E-state index is 12.3. The Morgan fingerprint density at radius 3 is 2.80 bits per heavy atom. The third-order valence-corrected chi connectivity index (χ3v) is 4.96. The highest BCUT2D eigenvalue weighted by molar-refractivity contribution is 14.1. The number of hydrogen-bond donors (Lipinski definition) is 1. The van der Waals surface area contributed by atoms with Gasteiger partial charge in [0.25, 0.3) is 11.1 Å². The van der Waals surface area contributed by atoms with Crippen LogP contribution in [0.15, 0.2) is 23.1 Å². The van der Waals surface area contributed by atoms with Crippen molar-refractivity contribution in [2.45, 2.75) is 6.42 Å². The van der Waals surface area contributed by atoms with Gasteiger partial charge < -0.3 is 14.6 Å². The molecular formula is C16H16INO6S. The highest BCUT2D eigenvalue weighted by atomic mass is 127. The number of ether oxygens (including phenoxy) is 2. The van der Waals surface area contributed by atoms with Gasteiger partial charge in [0, 0.05) is 20.3 Å². The molecular weight excluding hydrogens is 461 g/mol. The molecule has 25 heavy (non-hydrogen) atoms. The summed E-state index contributed by atoms with van der Waals surface area (Å²) < 4.78 is 10.8. The summed E-state index contributed by atoms with van der Waals surface area (Å²) in [4.78, 5) is 36.4. The molecule has 0 spiro atoms. The average molecular weight is 477 g/mol. The summed E-state index contributed by atoms with van der Waals surface area (Å²) in [6.45, 7) is 0.391. The number of thioether (sulfide) groups is 1. The summed E-state index contributed by atoms with van der Waals surface area (Å²) in [5.74, 6) is -0.915. The van der Waals surface area contributed by atoms with Crippen molar-refractivity contribution in [1.29, 1.82) is 0 Å². The number of imide groups is 1. The zero-order chi connectivity index (χ0) is 18.4. The van der Waals surface area contributed by atoms with Crippen LogP contribution in [0.4, 0.5) is 4.79 Å². The number of rotatable bonds is 8. The molecule has 1 fully saturated rings. The van der Waals surface area contributed by atoms with E-state index in [-0.39, 0.29) is 11.1 Å². The minimum atomic E-state index is -1.05. The topological polar surface area (TPSA) is 93.1 Å². The predicted octanol–water partition coefficient (Wildman–Crippen LogP) is 2.83. The van der Waals surface area contributed by atoms with Crippen LogP contribution in [-0.4, -0.2) is 54.0 Å². The molecule has 2 rings (SSSR count). The quantitative estimate of drug-likeness (QED) is 0.350. The minimum Gasteiger partial charge on any atom is -0.481 e. The van der Waals surface area contributed by atoms with E-state index in [9.17, 15) is 14.4 Å². The van der Waals surface area contributed by atoms with E-state index in [1.807, 2.05) is 22.6 Å². The highest BCUT2D eigenvalue weighted by Crippen LogP contribution is 2.33. The van der Waals surface area contributed by atoms with Crippen LogP contribution in [0.2, 0.25) is 0 Å². The Morgan fingerprint density at radius 1 is 1.40 bits per heavy atom. The Balaban J connectivity index is 2.09. The summed E-state index contributed by atoms with van der Waals surface area (Å²) in [5.41, 5.74) is 0.731. The Bertz CT molecular complexity index is 721. The summed E-state index contributed by atoms with van der Waals surface area (Å²) in [6, 6.07) is 5.11. The largest absolute Gasteiger partial charge is 0.481 e. The molecule has 0 unspecified atom stereocenters. The zero-order valence-electron chi connectivity index (χ0n) is 13.4. The first kappa shape index (κ1) is 19.7. The Morgan fingerprint density at radius 2 is 2.16 bits per heavy atom. The van der Waals surface area contributed by atoms with Crippen molar-refractivity contribution in [3.05, 3.63) is 32.2 Å². The van der Waals surface area contributed by atoms with E-state index in [1.54, 1.807) is 31.4 Å². The normalized spacial score (nSPS) is 15.9. The molecule has 1 N–H and O–H groups in total. The van der Waals surface area contributed by atoms with Crippen LogP contribution in [0.25, 0.3) is 6.08 Å². The van der Waals surface area contributed by atoms with Crippen LogP contribution in [0.1, 0.15) is 12.0 Å². The van der Waals surface area contributed by atoms with Gasteiger partial charge in [-0.25, -0.2) is 4.79 Å². The van der Waals surface area contributed by atoms with Crippen LogP contribution < -0.4 is 4.74 Å². The predicted molar refractivity (Wildman–Crippen MR) is 101 cm³/mol. The molecule has 1 aliphatic rings. The minimum absolute atomic E-state index is 0.288. The summed E-state index contributed by atoms with van der Waals surface area (Å²) in [7, 11) is 1.57. The zero-order valence-corrected chi connectivity index (χ0v) is 16.3. The van der Waals surface area contributed by atoms with Crippen molar-refractivity contribution in [2.24, 2.45) is 0 Å². The van der Waals surface area contributed by atoms with E-state index in [1.165, 1.54) is 4.90 Å². The number of carbonyl (C=O) groups is 3.